The molecule has 1 heteroatoms. The minimum absolute atomic E-state index is 0.898. The van der Waals surface area contributed by atoms with Crippen molar-refractivity contribution in [3.63, 3.8) is 0 Å². The molecule has 10 rings (SSSR count). The van der Waals surface area contributed by atoms with Gasteiger partial charge in [-0.3, -0.25) is 0 Å². The van der Waals surface area contributed by atoms with E-state index in [9.17, 15) is 0 Å². The van der Waals surface area contributed by atoms with Crippen LogP contribution in [0.15, 0.2) is 186 Å². The molecule has 1 aromatic heterocycles. The summed E-state index contributed by atoms with van der Waals surface area (Å²) in [6, 6.07) is 65.7. The minimum atomic E-state index is 0.898. The van der Waals surface area contributed by atoms with Crippen LogP contribution in [0.3, 0.4) is 0 Å². The fourth-order valence-electron chi connectivity index (χ4n) is 7.92. The second-order valence-corrected chi connectivity index (χ2v) is 12.8. The van der Waals surface area contributed by atoms with Crippen molar-refractivity contribution in [1.29, 1.82) is 0 Å². The van der Waals surface area contributed by atoms with E-state index in [1.165, 1.54) is 65.7 Å². The first-order valence-corrected chi connectivity index (χ1v) is 16.9. The van der Waals surface area contributed by atoms with Gasteiger partial charge in [-0.05, 0) is 83.4 Å². The lowest BCUT2D eigenvalue weighted by atomic mass is 9.83. The highest BCUT2D eigenvalue weighted by atomic mass is 16.3. The van der Waals surface area contributed by atoms with Crippen LogP contribution in [0.1, 0.15) is 0 Å². The number of fused-ring (bicyclic) bond motifs is 6. The summed E-state index contributed by atoms with van der Waals surface area (Å²) in [6.45, 7) is 0. The van der Waals surface area contributed by atoms with Crippen molar-refractivity contribution in [3.8, 4) is 44.5 Å². The van der Waals surface area contributed by atoms with Gasteiger partial charge in [-0.15, -0.1) is 0 Å². The summed E-state index contributed by atoms with van der Waals surface area (Å²) in [4.78, 5) is 0. The van der Waals surface area contributed by atoms with E-state index in [-0.39, 0.29) is 0 Å². The Morgan fingerprint density at radius 2 is 0.837 bits per heavy atom. The molecule has 0 aliphatic rings. The molecule has 1 nitrogen and oxygen atoms in total. The third-order valence-corrected chi connectivity index (χ3v) is 10.1. The standard InChI is InChI=1S/C48H30O/c1-2-15-32(16-3-1)36-24-12-26-43-47-42(25-13-27-44(47)49-48(36)43)46-40-22-10-8-20-38(40)45(39-21-9-11-23-41(39)46)37-19-7-6-18-35(37)34-29-28-31-14-4-5-17-33(31)30-34/h1-30H. The van der Waals surface area contributed by atoms with Crippen LogP contribution in [-0.4, -0.2) is 0 Å². The second-order valence-electron chi connectivity index (χ2n) is 12.8. The third-order valence-electron chi connectivity index (χ3n) is 10.1. The topological polar surface area (TPSA) is 13.1 Å². The Kier molecular flexibility index (Phi) is 6.25. The van der Waals surface area contributed by atoms with Crippen LogP contribution in [0.25, 0.3) is 98.8 Å². The van der Waals surface area contributed by atoms with E-state index < -0.39 is 0 Å². The average molecular weight is 623 g/mol. The Morgan fingerprint density at radius 1 is 0.306 bits per heavy atom. The molecular weight excluding hydrogens is 593 g/mol. The number of hydrogen-bond acceptors (Lipinski definition) is 1. The molecule has 9 aromatic carbocycles. The van der Waals surface area contributed by atoms with Crippen LogP contribution in [0.5, 0.6) is 0 Å². The lowest BCUT2D eigenvalue weighted by Crippen LogP contribution is -1.93. The number of furan rings is 1. The summed E-state index contributed by atoms with van der Waals surface area (Å²) >= 11 is 0. The summed E-state index contributed by atoms with van der Waals surface area (Å²) in [6.07, 6.45) is 0. The van der Waals surface area contributed by atoms with E-state index in [1.54, 1.807) is 0 Å². The van der Waals surface area contributed by atoms with Crippen molar-refractivity contribution in [2.24, 2.45) is 0 Å². The molecule has 228 valence electrons. The Labute approximate surface area is 284 Å². The smallest absolute Gasteiger partial charge is 0.143 e. The molecule has 0 unspecified atom stereocenters. The second kappa shape index (κ2) is 11.1. The van der Waals surface area contributed by atoms with Gasteiger partial charge in [0.05, 0.1) is 0 Å². The molecule has 0 saturated carbocycles. The van der Waals surface area contributed by atoms with E-state index in [2.05, 4.69) is 182 Å². The normalized spacial score (nSPS) is 11.7. The van der Waals surface area contributed by atoms with E-state index in [0.717, 1.165) is 33.1 Å². The van der Waals surface area contributed by atoms with Crippen LogP contribution in [-0.2, 0) is 0 Å². The third kappa shape index (κ3) is 4.33. The van der Waals surface area contributed by atoms with Gasteiger partial charge in [0.25, 0.3) is 0 Å². The molecule has 0 fully saturated rings. The highest BCUT2D eigenvalue weighted by Crippen LogP contribution is 2.49. The molecule has 0 radical (unpaired) electrons. The first-order valence-electron chi connectivity index (χ1n) is 16.9. The maximum absolute atomic E-state index is 6.71. The molecule has 0 aliphatic heterocycles. The molecule has 0 amide bonds. The predicted molar refractivity (Wildman–Crippen MR) is 208 cm³/mol. The Hall–Kier alpha value is -6.44. The van der Waals surface area contributed by atoms with Crippen LogP contribution < -0.4 is 0 Å². The Bertz CT molecular complexity index is 2820. The summed E-state index contributed by atoms with van der Waals surface area (Å²) in [7, 11) is 0. The number of para-hydroxylation sites is 1. The van der Waals surface area contributed by atoms with Crippen LogP contribution >= 0.6 is 0 Å². The van der Waals surface area contributed by atoms with E-state index in [0.29, 0.717) is 0 Å². The van der Waals surface area contributed by atoms with Gasteiger partial charge in [-0.2, -0.15) is 0 Å². The fraction of sp³-hybridized carbons (Fsp3) is 0. The molecule has 0 aliphatic carbocycles. The zero-order chi connectivity index (χ0) is 32.3. The number of rotatable bonds is 4. The van der Waals surface area contributed by atoms with Crippen molar-refractivity contribution in [1.82, 2.24) is 0 Å². The highest BCUT2D eigenvalue weighted by Gasteiger charge is 2.22. The van der Waals surface area contributed by atoms with Crippen molar-refractivity contribution < 1.29 is 4.42 Å². The molecular formula is C48H30O. The summed E-state index contributed by atoms with van der Waals surface area (Å²) in [5.41, 5.74) is 11.4. The monoisotopic (exact) mass is 622 g/mol. The summed E-state index contributed by atoms with van der Waals surface area (Å²) in [5.74, 6) is 0. The molecule has 1 heterocycles. The highest BCUT2D eigenvalue weighted by molar-refractivity contribution is 6.26. The van der Waals surface area contributed by atoms with Gasteiger partial charge in [-0.1, -0.05) is 170 Å². The predicted octanol–water partition coefficient (Wildman–Crippen LogP) is 13.7. The molecule has 0 N–H and O–H groups in total. The van der Waals surface area contributed by atoms with Gasteiger partial charge in [0.15, 0.2) is 0 Å². The van der Waals surface area contributed by atoms with E-state index in [4.69, 9.17) is 4.42 Å². The van der Waals surface area contributed by atoms with Crippen molar-refractivity contribution >= 4 is 54.3 Å². The molecule has 49 heavy (non-hydrogen) atoms. The first-order chi connectivity index (χ1) is 24.3. The van der Waals surface area contributed by atoms with Crippen molar-refractivity contribution in [2.45, 2.75) is 0 Å². The van der Waals surface area contributed by atoms with Gasteiger partial charge in [0, 0.05) is 16.3 Å². The molecule has 0 spiro atoms. The molecule has 10 aromatic rings. The molecule has 0 saturated heterocycles. The van der Waals surface area contributed by atoms with Crippen LogP contribution in [0.2, 0.25) is 0 Å². The zero-order valence-corrected chi connectivity index (χ0v) is 26.7. The average Bonchev–Trinajstić information content (AvgIpc) is 3.57. The van der Waals surface area contributed by atoms with Crippen LogP contribution in [0, 0.1) is 0 Å². The Balaban J connectivity index is 1.28. The van der Waals surface area contributed by atoms with Crippen LogP contribution in [0.4, 0.5) is 0 Å². The zero-order valence-electron chi connectivity index (χ0n) is 26.7. The SMILES string of the molecule is c1ccc(-c2cccc3c2oc2cccc(-c4c5ccccc5c(-c5ccccc5-c5ccc6ccccc6c5)c5ccccc45)c23)cc1. The number of hydrogen-bond donors (Lipinski definition) is 0. The van der Waals surface area contributed by atoms with Gasteiger partial charge in [0.2, 0.25) is 0 Å². The number of benzene rings is 9. The van der Waals surface area contributed by atoms with Gasteiger partial charge in [-0.25, -0.2) is 0 Å². The maximum Gasteiger partial charge on any atom is 0.143 e. The minimum Gasteiger partial charge on any atom is -0.455 e. The van der Waals surface area contributed by atoms with Crippen molar-refractivity contribution in [2.75, 3.05) is 0 Å². The molecule has 0 bridgehead atoms. The maximum atomic E-state index is 6.71. The first kappa shape index (κ1) is 27.7. The lowest BCUT2D eigenvalue weighted by molar-refractivity contribution is 0.670. The van der Waals surface area contributed by atoms with Gasteiger partial charge >= 0.3 is 0 Å². The van der Waals surface area contributed by atoms with Crippen molar-refractivity contribution in [3.05, 3.63) is 182 Å². The van der Waals surface area contributed by atoms with E-state index in [1.807, 2.05) is 0 Å². The molecule has 0 atom stereocenters. The quantitative estimate of drug-likeness (QED) is 0.178. The fourth-order valence-corrected chi connectivity index (χ4v) is 7.92. The summed E-state index contributed by atoms with van der Waals surface area (Å²) < 4.78 is 6.71. The largest absolute Gasteiger partial charge is 0.455 e. The lowest BCUT2D eigenvalue weighted by Gasteiger charge is -2.20. The van der Waals surface area contributed by atoms with E-state index >= 15 is 0 Å². The van der Waals surface area contributed by atoms with Gasteiger partial charge in [0.1, 0.15) is 11.2 Å². The van der Waals surface area contributed by atoms with Gasteiger partial charge < -0.3 is 4.42 Å². The summed E-state index contributed by atoms with van der Waals surface area (Å²) in [5, 5.41) is 9.70. The Morgan fingerprint density at radius 3 is 1.57 bits per heavy atom.